The van der Waals surface area contributed by atoms with Crippen LogP contribution in [0.2, 0.25) is 0 Å². The second-order valence-electron chi connectivity index (χ2n) is 6.18. The van der Waals surface area contributed by atoms with Crippen molar-refractivity contribution < 1.29 is 19.4 Å². The summed E-state index contributed by atoms with van der Waals surface area (Å²) in [7, 11) is 1.63. The molecule has 3 aromatic rings. The lowest BCUT2D eigenvalue weighted by molar-refractivity contribution is 0.104. The Kier molecular flexibility index (Phi) is 6.54. The number of carbonyl (C=O) groups excluding carboxylic acids is 1. The number of nitrogens with zero attached hydrogens (tertiary/aromatic N) is 1. The largest absolute Gasteiger partial charge is 0.507 e. The van der Waals surface area contributed by atoms with Gasteiger partial charge in [0, 0.05) is 23.5 Å². The van der Waals surface area contributed by atoms with Gasteiger partial charge in [-0.1, -0.05) is 30.3 Å². The number of methoxy groups -OCH3 is 1. The Labute approximate surface area is 163 Å². The summed E-state index contributed by atoms with van der Waals surface area (Å²) >= 11 is 0. The fourth-order valence-electron chi connectivity index (χ4n) is 2.60. The third-order valence-corrected chi connectivity index (χ3v) is 4.13. The van der Waals surface area contributed by atoms with Crippen molar-refractivity contribution >= 4 is 11.9 Å². The number of carbonyl (C=O) groups is 1. The third kappa shape index (κ3) is 5.28. The topological polar surface area (TPSA) is 68.7 Å². The van der Waals surface area contributed by atoms with E-state index in [1.54, 1.807) is 49.7 Å². The molecule has 5 nitrogen and oxygen atoms in total. The van der Waals surface area contributed by atoms with Crippen molar-refractivity contribution in [2.75, 3.05) is 7.11 Å². The first-order valence-electron chi connectivity index (χ1n) is 8.81. The zero-order valence-electron chi connectivity index (χ0n) is 15.5. The molecule has 3 rings (SSSR count). The minimum atomic E-state index is -0.187. The molecule has 0 spiro atoms. The molecule has 0 aliphatic carbocycles. The maximum absolute atomic E-state index is 12.4. The summed E-state index contributed by atoms with van der Waals surface area (Å²) in [5.41, 5.74) is 2.90. The molecule has 0 radical (unpaired) electrons. The minimum absolute atomic E-state index is 0.130. The van der Waals surface area contributed by atoms with E-state index in [9.17, 15) is 9.90 Å². The van der Waals surface area contributed by atoms with Gasteiger partial charge in [0.25, 0.3) is 0 Å². The van der Waals surface area contributed by atoms with Gasteiger partial charge in [-0.2, -0.15) is 0 Å². The molecule has 0 amide bonds. The molecular weight excluding hydrogens is 354 g/mol. The highest BCUT2D eigenvalue weighted by atomic mass is 16.5. The summed E-state index contributed by atoms with van der Waals surface area (Å²) in [6.45, 7) is 0.804. The lowest BCUT2D eigenvalue weighted by atomic mass is 10.1. The second kappa shape index (κ2) is 9.48. The Balaban J connectivity index is 1.58. The molecule has 1 heterocycles. The van der Waals surface area contributed by atoms with Crippen molar-refractivity contribution in [3.8, 4) is 11.5 Å². The van der Waals surface area contributed by atoms with E-state index >= 15 is 0 Å². The van der Waals surface area contributed by atoms with Gasteiger partial charge < -0.3 is 14.6 Å². The van der Waals surface area contributed by atoms with Gasteiger partial charge in [0.2, 0.25) is 0 Å². The molecule has 0 saturated heterocycles. The van der Waals surface area contributed by atoms with E-state index < -0.39 is 0 Å². The molecular formula is C23H21NO4. The molecule has 1 N–H and O–H groups in total. The molecule has 0 saturated carbocycles. The number of para-hydroxylation sites is 1. The van der Waals surface area contributed by atoms with Crippen LogP contribution in [0.3, 0.4) is 0 Å². The van der Waals surface area contributed by atoms with Crippen molar-refractivity contribution in [2.24, 2.45) is 0 Å². The van der Waals surface area contributed by atoms with E-state index in [2.05, 4.69) is 4.98 Å². The highest BCUT2D eigenvalue weighted by molar-refractivity contribution is 6.06. The van der Waals surface area contributed by atoms with E-state index in [1.807, 2.05) is 24.3 Å². The van der Waals surface area contributed by atoms with E-state index in [-0.39, 0.29) is 11.5 Å². The first-order chi connectivity index (χ1) is 13.7. The SMILES string of the molecule is COc1ccc(COCc2cncc(C(=O)C=Cc3ccccc3O)c2)cc1. The standard InChI is InChI=1S/C23H21NO4/c1-27-21-9-6-17(7-10-21)15-28-16-18-12-20(14-24-13-18)23(26)11-8-19-4-2-3-5-22(19)25/h2-14,25H,15-16H2,1H3. The Morgan fingerprint density at radius 1 is 1.04 bits per heavy atom. The van der Waals surface area contributed by atoms with Crippen LogP contribution in [0.25, 0.3) is 6.08 Å². The van der Waals surface area contributed by atoms with Crippen molar-refractivity contribution in [3.05, 3.63) is 95.3 Å². The van der Waals surface area contributed by atoms with Gasteiger partial charge in [-0.3, -0.25) is 9.78 Å². The highest BCUT2D eigenvalue weighted by Gasteiger charge is 2.05. The average Bonchev–Trinajstić information content (AvgIpc) is 2.74. The summed E-state index contributed by atoms with van der Waals surface area (Å²) < 4.78 is 10.8. The molecule has 142 valence electrons. The number of allylic oxidation sites excluding steroid dienone is 1. The number of rotatable bonds is 8. The predicted octanol–water partition coefficient (Wildman–Crippen LogP) is 4.41. The fourth-order valence-corrected chi connectivity index (χ4v) is 2.60. The quantitative estimate of drug-likeness (QED) is 0.467. The molecule has 0 bridgehead atoms. The highest BCUT2D eigenvalue weighted by Crippen LogP contribution is 2.18. The number of aromatic nitrogens is 1. The lowest BCUT2D eigenvalue weighted by Gasteiger charge is -2.06. The monoisotopic (exact) mass is 375 g/mol. The van der Waals surface area contributed by atoms with Crippen LogP contribution < -0.4 is 4.74 Å². The Hall–Kier alpha value is -3.44. The van der Waals surface area contributed by atoms with Crippen molar-refractivity contribution in [2.45, 2.75) is 13.2 Å². The van der Waals surface area contributed by atoms with E-state index in [4.69, 9.17) is 9.47 Å². The molecule has 0 aliphatic heterocycles. The number of phenolic OH excluding ortho intramolecular Hbond substituents is 1. The number of ketones is 1. The number of aromatic hydroxyl groups is 1. The van der Waals surface area contributed by atoms with Crippen LogP contribution >= 0.6 is 0 Å². The molecule has 28 heavy (non-hydrogen) atoms. The van der Waals surface area contributed by atoms with Gasteiger partial charge in [-0.05, 0) is 47.5 Å². The van der Waals surface area contributed by atoms with Crippen molar-refractivity contribution in [3.63, 3.8) is 0 Å². The Morgan fingerprint density at radius 3 is 2.54 bits per heavy atom. The van der Waals surface area contributed by atoms with Crippen molar-refractivity contribution in [1.82, 2.24) is 4.98 Å². The van der Waals surface area contributed by atoms with Crippen LogP contribution in [0, 0.1) is 0 Å². The van der Waals surface area contributed by atoms with Crippen molar-refractivity contribution in [1.29, 1.82) is 0 Å². The average molecular weight is 375 g/mol. The smallest absolute Gasteiger partial charge is 0.187 e. The summed E-state index contributed by atoms with van der Waals surface area (Å²) in [6, 6.07) is 16.3. The number of ether oxygens (including phenoxy) is 2. The molecule has 0 aliphatic rings. The first kappa shape index (κ1) is 19.3. The van der Waals surface area contributed by atoms with Gasteiger partial charge in [-0.25, -0.2) is 0 Å². The summed E-state index contributed by atoms with van der Waals surface area (Å²) in [5.74, 6) is 0.745. The Bertz CT molecular complexity index is 964. The normalized spacial score (nSPS) is 10.9. The number of benzene rings is 2. The lowest BCUT2D eigenvalue weighted by Crippen LogP contribution is -2.00. The minimum Gasteiger partial charge on any atom is -0.507 e. The zero-order chi connectivity index (χ0) is 19.8. The summed E-state index contributed by atoms with van der Waals surface area (Å²) in [6.07, 6.45) is 6.21. The number of phenols is 1. The second-order valence-corrected chi connectivity index (χ2v) is 6.18. The third-order valence-electron chi connectivity index (χ3n) is 4.13. The Morgan fingerprint density at radius 2 is 1.79 bits per heavy atom. The predicted molar refractivity (Wildman–Crippen MR) is 107 cm³/mol. The number of pyridine rings is 1. The van der Waals surface area contributed by atoms with Gasteiger partial charge in [0.05, 0.1) is 20.3 Å². The number of hydrogen-bond acceptors (Lipinski definition) is 5. The van der Waals surface area contributed by atoms with E-state index in [0.29, 0.717) is 24.3 Å². The van der Waals surface area contributed by atoms with Crippen LogP contribution in [-0.2, 0) is 18.0 Å². The fraction of sp³-hybridized carbons (Fsp3) is 0.130. The molecule has 1 aromatic heterocycles. The summed E-state index contributed by atoms with van der Waals surface area (Å²) in [4.78, 5) is 16.5. The van der Waals surface area contributed by atoms with Gasteiger partial charge >= 0.3 is 0 Å². The summed E-state index contributed by atoms with van der Waals surface area (Å²) in [5, 5.41) is 9.76. The van der Waals surface area contributed by atoms with Gasteiger partial charge in [0.15, 0.2) is 5.78 Å². The molecule has 0 fully saturated rings. The maximum atomic E-state index is 12.4. The van der Waals surface area contributed by atoms with E-state index in [1.165, 1.54) is 12.3 Å². The molecule has 5 heteroatoms. The molecule has 2 aromatic carbocycles. The zero-order valence-corrected chi connectivity index (χ0v) is 15.5. The van der Waals surface area contributed by atoms with Crippen LogP contribution in [0.15, 0.2) is 73.1 Å². The van der Waals surface area contributed by atoms with Gasteiger partial charge in [-0.15, -0.1) is 0 Å². The maximum Gasteiger partial charge on any atom is 0.187 e. The van der Waals surface area contributed by atoms with Gasteiger partial charge in [0.1, 0.15) is 11.5 Å². The van der Waals surface area contributed by atoms with Crippen LogP contribution in [0.5, 0.6) is 11.5 Å². The van der Waals surface area contributed by atoms with E-state index in [0.717, 1.165) is 16.9 Å². The van der Waals surface area contributed by atoms with Crippen LogP contribution in [0.1, 0.15) is 27.0 Å². The van der Waals surface area contributed by atoms with Crippen LogP contribution in [0.4, 0.5) is 0 Å². The first-order valence-corrected chi connectivity index (χ1v) is 8.81. The number of hydrogen-bond donors (Lipinski definition) is 1. The van der Waals surface area contributed by atoms with Crippen LogP contribution in [-0.4, -0.2) is 23.0 Å². The molecule has 0 unspecified atom stereocenters. The molecule has 0 atom stereocenters.